The predicted molar refractivity (Wildman–Crippen MR) is 89.5 cm³/mol. The van der Waals surface area contributed by atoms with Crippen LogP contribution in [0, 0.1) is 0 Å². The Labute approximate surface area is 139 Å². The first-order valence-electron chi connectivity index (χ1n) is 7.87. The van der Waals surface area contributed by atoms with Gasteiger partial charge in [0.1, 0.15) is 29.2 Å². The summed E-state index contributed by atoms with van der Waals surface area (Å²) in [5.74, 6) is 2.86. The fourth-order valence-corrected chi connectivity index (χ4v) is 3.19. The molecule has 0 radical (unpaired) electrons. The molecule has 5 nitrogen and oxygen atoms in total. The Kier molecular flexibility index (Phi) is 3.61. The number of hydrogen-bond acceptors (Lipinski definition) is 4. The Morgan fingerprint density at radius 1 is 1.21 bits per heavy atom. The summed E-state index contributed by atoms with van der Waals surface area (Å²) in [6.07, 6.45) is 4.27. The fraction of sp³-hybridized carbons (Fsp3) is 0.211. The molecule has 0 bridgehead atoms. The second-order valence-corrected chi connectivity index (χ2v) is 5.86. The Bertz CT molecular complexity index is 828. The maximum absolute atomic E-state index is 9.51. The van der Waals surface area contributed by atoms with Gasteiger partial charge in [-0.15, -0.1) is 0 Å². The average molecular weight is 322 g/mol. The quantitative estimate of drug-likeness (QED) is 0.770. The lowest BCUT2D eigenvalue weighted by Crippen LogP contribution is -2.20. The van der Waals surface area contributed by atoms with E-state index in [1.807, 2.05) is 36.5 Å². The molecule has 0 saturated heterocycles. The molecule has 0 aliphatic carbocycles. The number of fused-ring (bicyclic) bond motifs is 1. The molecule has 0 fully saturated rings. The van der Waals surface area contributed by atoms with Gasteiger partial charge in [-0.25, -0.2) is 4.98 Å². The first-order chi connectivity index (χ1) is 11.7. The van der Waals surface area contributed by atoms with Crippen LogP contribution in [-0.4, -0.2) is 22.2 Å². The first kappa shape index (κ1) is 14.6. The van der Waals surface area contributed by atoms with Gasteiger partial charge in [-0.2, -0.15) is 0 Å². The molecule has 1 aliphatic rings. The van der Waals surface area contributed by atoms with Gasteiger partial charge in [0.05, 0.1) is 7.11 Å². The molecule has 1 aromatic heterocycles. The van der Waals surface area contributed by atoms with E-state index in [0.29, 0.717) is 0 Å². The van der Waals surface area contributed by atoms with Crippen LogP contribution in [0.15, 0.2) is 54.9 Å². The van der Waals surface area contributed by atoms with Crippen LogP contribution in [0.2, 0.25) is 0 Å². The van der Waals surface area contributed by atoms with Gasteiger partial charge in [-0.3, -0.25) is 0 Å². The smallest absolute Gasteiger partial charge is 0.127 e. The fourth-order valence-electron chi connectivity index (χ4n) is 3.19. The van der Waals surface area contributed by atoms with Crippen LogP contribution >= 0.6 is 0 Å². The lowest BCUT2D eigenvalue weighted by molar-refractivity contribution is 0.165. The number of nitrogens with zero attached hydrogens (tertiary/aromatic N) is 1. The van der Waals surface area contributed by atoms with Gasteiger partial charge in [0.25, 0.3) is 0 Å². The molecule has 2 heterocycles. The number of aromatic hydroxyl groups is 1. The minimum Gasteiger partial charge on any atom is -0.508 e. The first-order valence-corrected chi connectivity index (χ1v) is 7.87. The highest BCUT2D eigenvalue weighted by Crippen LogP contribution is 2.45. The van der Waals surface area contributed by atoms with Gasteiger partial charge >= 0.3 is 0 Å². The molecule has 3 aromatic rings. The minimum atomic E-state index is -0.111. The third kappa shape index (κ3) is 2.58. The maximum Gasteiger partial charge on any atom is 0.127 e. The van der Waals surface area contributed by atoms with Crippen LogP contribution in [0.5, 0.6) is 17.2 Å². The zero-order valence-electron chi connectivity index (χ0n) is 13.3. The highest BCUT2D eigenvalue weighted by molar-refractivity contribution is 5.47. The molecular formula is C19H18N2O3. The largest absolute Gasteiger partial charge is 0.508 e. The van der Waals surface area contributed by atoms with Crippen molar-refractivity contribution < 1.29 is 14.6 Å². The van der Waals surface area contributed by atoms with Crippen molar-refractivity contribution in [1.82, 2.24) is 9.97 Å². The van der Waals surface area contributed by atoms with Crippen molar-refractivity contribution in [3.05, 3.63) is 71.8 Å². The van der Waals surface area contributed by atoms with Crippen molar-refractivity contribution in [3.63, 3.8) is 0 Å². The van der Waals surface area contributed by atoms with Crippen molar-refractivity contribution in [2.24, 2.45) is 0 Å². The van der Waals surface area contributed by atoms with Crippen molar-refractivity contribution in [2.45, 2.75) is 18.4 Å². The second-order valence-electron chi connectivity index (χ2n) is 5.86. The van der Waals surface area contributed by atoms with E-state index in [1.165, 1.54) is 0 Å². The molecule has 5 heteroatoms. The highest BCUT2D eigenvalue weighted by atomic mass is 16.5. The van der Waals surface area contributed by atoms with E-state index in [2.05, 4.69) is 9.97 Å². The number of aromatic amines is 1. The molecule has 0 amide bonds. The summed E-state index contributed by atoms with van der Waals surface area (Å²) in [5.41, 5.74) is 2.12. The van der Waals surface area contributed by atoms with Crippen LogP contribution < -0.4 is 9.47 Å². The normalized spacial score (nSPS) is 19.4. The van der Waals surface area contributed by atoms with Crippen LogP contribution in [0.25, 0.3) is 0 Å². The van der Waals surface area contributed by atoms with E-state index in [0.717, 1.165) is 34.9 Å². The number of H-pyrrole nitrogens is 1. The van der Waals surface area contributed by atoms with Crippen LogP contribution in [-0.2, 0) is 0 Å². The zero-order chi connectivity index (χ0) is 16.5. The number of aromatic nitrogens is 2. The summed E-state index contributed by atoms with van der Waals surface area (Å²) >= 11 is 0. The third-order valence-corrected chi connectivity index (χ3v) is 4.43. The van der Waals surface area contributed by atoms with E-state index in [4.69, 9.17) is 9.47 Å². The number of nitrogens with one attached hydrogen (secondary N) is 1. The van der Waals surface area contributed by atoms with Crippen molar-refractivity contribution >= 4 is 0 Å². The lowest BCUT2D eigenvalue weighted by atomic mass is 9.86. The monoisotopic (exact) mass is 322 g/mol. The van der Waals surface area contributed by atoms with Gasteiger partial charge in [0.15, 0.2) is 0 Å². The van der Waals surface area contributed by atoms with E-state index in [1.54, 1.807) is 25.4 Å². The number of imidazole rings is 1. The lowest BCUT2D eigenvalue weighted by Gasteiger charge is -2.32. The highest BCUT2D eigenvalue weighted by Gasteiger charge is 2.32. The molecule has 2 atom stereocenters. The van der Waals surface area contributed by atoms with Crippen LogP contribution in [0.4, 0.5) is 0 Å². The SMILES string of the molecule is COc1ccc2c(c1)OC(c1ccc(O)cc1)CC2c1ncc[nH]1. The molecule has 2 N–H and O–H groups in total. The minimum absolute atomic E-state index is 0.111. The number of benzene rings is 2. The van der Waals surface area contributed by atoms with Crippen LogP contribution in [0.3, 0.4) is 0 Å². The molecule has 1 aliphatic heterocycles. The zero-order valence-corrected chi connectivity index (χ0v) is 13.3. The number of hydrogen-bond donors (Lipinski definition) is 2. The summed E-state index contributed by atoms with van der Waals surface area (Å²) in [6, 6.07) is 13.0. The summed E-state index contributed by atoms with van der Waals surface area (Å²) in [5, 5.41) is 9.51. The third-order valence-electron chi connectivity index (χ3n) is 4.43. The molecular weight excluding hydrogens is 304 g/mol. The molecule has 0 saturated carbocycles. The molecule has 2 unspecified atom stereocenters. The predicted octanol–water partition coefficient (Wildman–Crippen LogP) is 3.78. The standard InChI is InChI=1S/C19H18N2O3/c1-23-14-6-7-15-16(19-20-8-9-21-19)11-17(24-18(15)10-14)12-2-4-13(22)5-3-12/h2-10,16-17,22H,11H2,1H3,(H,20,21). The van der Waals surface area contributed by atoms with Gasteiger partial charge in [-0.05, 0) is 23.8 Å². The van der Waals surface area contributed by atoms with E-state index in [-0.39, 0.29) is 17.8 Å². The maximum atomic E-state index is 9.51. The van der Waals surface area contributed by atoms with Crippen molar-refractivity contribution in [3.8, 4) is 17.2 Å². The molecule has 122 valence electrons. The Balaban J connectivity index is 1.76. The van der Waals surface area contributed by atoms with E-state index >= 15 is 0 Å². The number of phenols is 1. The van der Waals surface area contributed by atoms with Gasteiger partial charge in [0.2, 0.25) is 0 Å². The summed E-state index contributed by atoms with van der Waals surface area (Å²) in [7, 11) is 1.64. The Morgan fingerprint density at radius 3 is 2.75 bits per heavy atom. The number of rotatable bonds is 3. The number of ether oxygens (including phenoxy) is 2. The van der Waals surface area contributed by atoms with Gasteiger partial charge in [-0.1, -0.05) is 18.2 Å². The summed E-state index contributed by atoms with van der Waals surface area (Å²) < 4.78 is 11.6. The average Bonchev–Trinajstić information content (AvgIpc) is 3.15. The molecule has 2 aromatic carbocycles. The summed E-state index contributed by atoms with van der Waals surface area (Å²) in [4.78, 5) is 7.66. The molecule has 0 spiro atoms. The number of methoxy groups -OCH3 is 1. The van der Waals surface area contributed by atoms with Crippen LogP contribution in [0.1, 0.15) is 35.4 Å². The van der Waals surface area contributed by atoms with Crippen molar-refractivity contribution in [2.75, 3.05) is 7.11 Å². The van der Waals surface area contributed by atoms with Crippen molar-refractivity contribution in [1.29, 1.82) is 0 Å². The summed E-state index contributed by atoms with van der Waals surface area (Å²) in [6.45, 7) is 0. The van der Waals surface area contributed by atoms with E-state index < -0.39 is 0 Å². The van der Waals surface area contributed by atoms with E-state index in [9.17, 15) is 5.11 Å². The molecule has 24 heavy (non-hydrogen) atoms. The van der Waals surface area contributed by atoms with Gasteiger partial charge in [0, 0.05) is 36.4 Å². The Morgan fingerprint density at radius 2 is 2.04 bits per heavy atom. The number of phenolic OH excluding ortho intramolecular Hbond substituents is 1. The Hall–Kier alpha value is -2.95. The second kappa shape index (κ2) is 5.92. The molecule has 4 rings (SSSR count). The topological polar surface area (TPSA) is 67.4 Å². The van der Waals surface area contributed by atoms with Gasteiger partial charge < -0.3 is 19.6 Å².